The van der Waals surface area contributed by atoms with Gasteiger partial charge in [0.1, 0.15) is 28.8 Å². The number of furan rings is 1. The van der Waals surface area contributed by atoms with E-state index in [1.807, 2.05) is 6.92 Å². The number of H-pyrrole nitrogens is 1. The van der Waals surface area contributed by atoms with Gasteiger partial charge in [0.25, 0.3) is 11.2 Å². The van der Waals surface area contributed by atoms with Crippen LogP contribution in [0.15, 0.2) is 39.5 Å². The number of nitriles is 1. The number of hydrogen-bond donors (Lipinski definition) is 1. The van der Waals surface area contributed by atoms with E-state index in [0.29, 0.717) is 29.1 Å². The normalized spacial score (nSPS) is 10.9. The lowest BCUT2D eigenvalue weighted by Crippen LogP contribution is -2.23. The smallest absolute Gasteiger partial charge is 0.299 e. The van der Waals surface area contributed by atoms with Crippen LogP contribution in [0, 0.1) is 21.4 Å². The van der Waals surface area contributed by atoms with Crippen molar-refractivity contribution in [3.05, 3.63) is 84.5 Å². The summed E-state index contributed by atoms with van der Waals surface area (Å²) in [6, 6.07) is 9.69. The van der Waals surface area contributed by atoms with Crippen molar-refractivity contribution in [2.24, 2.45) is 0 Å². The molecule has 0 radical (unpaired) electrons. The summed E-state index contributed by atoms with van der Waals surface area (Å²) in [5.41, 5.74) is -0.468. The second-order valence-corrected chi connectivity index (χ2v) is 6.92. The molecular formula is C23H18N3O7-. The highest BCUT2D eigenvalue weighted by Gasteiger charge is 2.25. The molecule has 3 aromatic rings. The number of nitro groups is 1. The highest BCUT2D eigenvalue weighted by atomic mass is 16.6. The number of nitrogens with one attached hydrogen (secondary N) is 1. The number of aromatic nitrogens is 1. The number of carboxylic acid groups (broad SMARTS) is 1. The minimum absolute atomic E-state index is 0.108. The number of pyridine rings is 1. The van der Waals surface area contributed by atoms with Crippen molar-refractivity contribution in [2.45, 2.75) is 20.0 Å². The molecule has 0 amide bonds. The third-order valence-electron chi connectivity index (χ3n) is 4.93. The lowest BCUT2D eigenvalue weighted by Gasteiger charge is -2.10. The van der Waals surface area contributed by atoms with Crippen molar-refractivity contribution in [2.75, 3.05) is 7.11 Å². The highest BCUT2D eigenvalue weighted by molar-refractivity contribution is 5.88. The van der Waals surface area contributed by atoms with Gasteiger partial charge in [-0.1, -0.05) is 19.1 Å². The van der Waals surface area contributed by atoms with E-state index in [9.17, 15) is 30.1 Å². The first-order valence-electron chi connectivity index (χ1n) is 9.75. The van der Waals surface area contributed by atoms with Crippen LogP contribution in [0.2, 0.25) is 0 Å². The molecule has 1 N–H and O–H groups in total. The standard InChI is InChI=1S/C23H19N3O7/c1-3-13-10-14(4-7-16(13)23(28)29)20-9-6-15(33-20)5-8-19-21(26(30)31)18(12-32-2)17(11-24)22(27)25-19/h4-10H,3,12H2,1-2H3,(H,25,27)(H,28,29)/p-1/b8-5+. The lowest BCUT2D eigenvalue weighted by atomic mass is 10.0. The number of aromatic amines is 1. The third kappa shape index (κ3) is 4.73. The van der Waals surface area contributed by atoms with Crippen LogP contribution in [0.3, 0.4) is 0 Å². The zero-order chi connectivity index (χ0) is 24.1. The average molecular weight is 448 g/mol. The fraction of sp³-hybridized carbons (Fsp3) is 0.174. The van der Waals surface area contributed by atoms with E-state index in [2.05, 4.69) is 4.98 Å². The van der Waals surface area contributed by atoms with Gasteiger partial charge in [-0.05, 0) is 42.3 Å². The molecule has 2 heterocycles. The Kier molecular flexibility index (Phi) is 6.85. The van der Waals surface area contributed by atoms with Gasteiger partial charge < -0.3 is 24.0 Å². The molecule has 0 aliphatic heterocycles. The molecule has 0 saturated carbocycles. The molecule has 10 nitrogen and oxygen atoms in total. The number of nitrogens with zero attached hydrogens (tertiary/aromatic N) is 2. The molecule has 0 bridgehead atoms. The SMILES string of the molecule is CCc1cc(-c2ccc(/C=C/c3[nH]c(=O)c(C#N)c(COC)c3[N+](=O)[O-])o2)ccc1C(=O)[O-]. The van der Waals surface area contributed by atoms with Crippen LogP contribution < -0.4 is 10.7 Å². The minimum atomic E-state index is -1.26. The van der Waals surface area contributed by atoms with Gasteiger partial charge in [0.05, 0.1) is 23.1 Å². The van der Waals surface area contributed by atoms with Crippen LogP contribution in [-0.4, -0.2) is 23.0 Å². The Labute approximate surface area is 187 Å². The molecule has 33 heavy (non-hydrogen) atoms. The molecule has 0 saturated heterocycles. The van der Waals surface area contributed by atoms with E-state index < -0.39 is 22.1 Å². The molecule has 0 aliphatic rings. The van der Waals surface area contributed by atoms with Crippen molar-refractivity contribution in [3.8, 4) is 17.4 Å². The number of hydrogen-bond acceptors (Lipinski definition) is 8. The van der Waals surface area contributed by atoms with E-state index in [4.69, 9.17) is 9.15 Å². The molecule has 10 heteroatoms. The van der Waals surface area contributed by atoms with Crippen LogP contribution >= 0.6 is 0 Å². The van der Waals surface area contributed by atoms with Gasteiger partial charge in [-0.25, -0.2) is 0 Å². The topological polar surface area (TPSA) is 162 Å². The van der Waals surface area contributed by atoms with Gasteiger partial charge in [0.2, 0.25) is 0 Å². The maximum atomic E-state index is 12.2. The number of ether oxygens (including phenoxy) is 1. The van der Waals surface area contributed by atoms with E-state index in [1.54, 1.807) is 30.3 Å². The Hall–Kier alpha value is -4.49. The Balaban J connectivity index is 2.00. The number of aromatic carboxylic acids is 1. The van der Waals surface area contributed by atoms with Gasteiger partial charge in [-0.2, -0.15) is 5.26 Å². The van der Waals surface area contributed by atoms with E-state index >= 15 is 0 Å². The number of carbonyl (C=O) groups excluding carboxylic acids is 1. The maximum absolute atomic E-state index is 12.2. The van der Waals surface area contributed by atoms with E-state index in [0.717, 1.165) is 0 Å². The lowest BCUT2D eigenvalue weighted by molar-refractivity contribution is -0.386. The minimum Gasteiger partial charge on any atom is -0.545 e. The first-order chi connectivity index (χ1) is 15.8. The molecule has 2 aromatic heterocycles. The quantitative estimate of drug-likeness (QED) is 0.406. The predicted molar refractivity (Wildman–Crippen MR) is 116 cm³/mol. The monoisotopic (exact) mass is 448 g/mol. The van der Waals surface area contributed by atoms with Gasteiger partial charge in [-0.15, -0.1) is 0 Å². The second kappa shape index (κ2) is 9.76. The van der Waals surface area contributed by atoms with Gasteiger partial charge in [0, 0.05) is 18.2 Å². The molecule has 0 aliphatic carbocycles. The fourth-order valence-corrected chi connectivity index (χ4v) is 3.40. The Morgan fingerprint density at radius 3 is 2.67 bits per heavy atom. The number of benzene rings is 1. The van der Waals surface area contributed by atoms with Crippen LogP contribution in [0.5, 0.6) is 0 Å². The number of methoxy groups -OCH3 is 1. The highest BCUT2D eigenvalue weighted by Crippen LogP contribution is 2.28. The van der Waals surface area contributed by atoms with E-state index in [1.165, 1.54) is 25.3 Å². The number of carbonyl (C=O) groups is 1. The summed E-state index contributed by atoms with van der Waals surface area (Å²) in [7, 11) is 1.30. The summed E-state index contributed by atoms with van der Waals surface area (Å²) in [6.07, 6.45) is 3.23. The van der Waals surface area contributed by atoms with Crippen molar-refractivity contribution in [1.82, 2.24) is 4.98 Å². The number of aryl methyl sites for hydroxylation is 1. The second-order valence-electron chi connectivity index (χ2n) is 6.92. The summed E-state index contributed by atoms with van der Waals surface area (Å²) < 4.78 is 10.7. The summed E-state index contributed by atoms with van der Waals surface area (Å²) in [5, 5.41) is 32.1. The molecule has 168 valence electrons. The summed E-state index contributed by atoms with van der Waals surface area (Å²) in [4.78, 5) is 36.7. The molecule has 0 spiro atoms. The predicted octanol–water partition coefficient (Wildman–Crippen LogP) is 2.66. The molecular weight excluding hydrogens is 430 g/mol. The third-order valence-corrected chi connectivity index (χ3v) is 4.93. The molecule has 0 unspecified atom stereocenters. The Morgan fingerprint density at radius 2 is 2.06 bits per heavy atom. The number of carboxylic acids is 1. The summed E-state index contributed by atoms with van der Waals surface area (Å²) >= 11 is 0. The first kappa shape index (κ1) is 23.2. The van der Waals surface area contributed by atoms with Crippen molar-refractivity contribution in [1.29, 1.82) is 5.26 Å². The van der Waals surface area contributed by atoms with Gasteiger partial charge in [-0.3, -0.25) is 14.9 Å². The Morgan fingerprint density at radius 1 is 1.30 bits per heavy atom. The van der Waals surface area contributed by atoms with Gasteiger partial charge in [0.15, 0.2) is 0 Å². The van der Waals surface area contributed by atoms with Crippen LogP contribution in [-0.2, 0) is 17.8 Å². The van der Waals surface area contributed by atoms with E-state index in [-0.39, 0.29) is 29.0 Å². The maximum Gasteiger partial charge on any atom is 0.299 e. The zero-order valence-electron chi connectivity index (χ0n) is 17.7. The molecule has 0 fully saturated rings. The zero-order valence-corrected chi connectivity index (χ0v) is 17.7. The van der Waals surface area contributed by atoms with Crippen LogP contribution in [0.25, 0.3) is 23.5 Å². The van der Waals surface area contributed by atoms with Crippen molar-refractivity contribution < 1.29 is 24.0 Å². The number of rotatable bonds is 8. The largest absolute Gasteiger partial charge is 0.545 e. The summed E-state index contributed by atoms with van der Waals surface area (Å²) in [6.45, 7) is 1.54. The summed E-state index contributed by atoms with van der Waals surface area (Å²) in [5.74, 6) is -0.468. The van der Waals surface area contributed by atoms with Crippen molar-refractivity contribution in [3.63, 3.8) is 0 Å². The fourth-order valence-electron chi connectivity index (χ4n) is 3.40. The Bertz CT molecular complexity index is 1360. The first-order valence-corrected chi connectivity index (χ1v) is 9.75. The molecule has 1 aromatic carbocycles. The van der Waals surface area contributed by atoms with Crippen LogP contribution in [0.1, 0.15) is 45.4 Å². The average Bonchev–Trinajstić information content (AvgIpc) is 3.26. The van der Waals surface area contributed by atoms with Crippen LogP contribution in [0.4, 0.5) is 5.69 Å². The van der Waals surface area contributed by atoms with Gasteiger partial charge >= 0.3 is 0 Å². The molecule has 0 atom stereocenters. The molecule has 3 rings (SSSR count). The van der Waals surface area contributed by atoms with Crippen molar-refractivity contribution >= 4 is 23.8 Å².